The van der Waals surface area contributed by atoms with Crippen LogP contribution < -0.4 is 0 Å². The number of ketones is 1. The number of oxime groups is 1. The lowest BCUT2D eigenvalue weighted by atomic mass is 9.33. The molecule has 5 heteroatoms. The Morgan fingerprint density at radius 3 is 2.40 bits per heavy atom. The number of carbonyl (C=O) groups excluding carboxylic acids is 2. The van der Waals surface area contributed by atoms with E-state index in [1.165, 1.54) is 5.57 Å². The van der Waals surface area contributed by atoms with Crippen molar-refractivity contribution in [3.63, 3.8) is 0 Å². The smallest absolute Gasteiger partial charge is 0.316 e. The van der Waals surface area contributed by atoms with E-state index in [1.54, 1.807) is 0 Å². The summed E-state index contributed by atoms with van der Waals surface area (Å²) in [6, 6.07) is 9.85. The van der Waals surface area contributed by atoms with E-state index in [-0.39, 0.29) is 63.2 Å². The molecule has 8 atom stereocenters. The van der Waals surface area contributed by atoms with E-state index in [0.29, 0.717) is 6.42 Å². The normalized spacial score (nSPS) is 44.2. The molecular formula is C38H51NO4. The van der Waals surface area contributed by atoms with Gasteiger partial charge in [-0.15, -0.1) is 6.58 Å². The highest BCUT2D eigenvalue weighted by atomic mass is 16.5. The molecule has 0 amide bonds. The van der Waals surface area contributed by atoms with Crippen LogP contribution in [-0.4, -0.2) is 22.7 Å². The summed E-state index contributed by atoms with van der Waals surface area (Å²) in [6.45, 7) is 18.4. The molecule has 0 unspecified atom stereocenters. The second-order valence-electron chi connectivity index (χ2n) is 16.4. The number of esters is 1. The van der Waals surface area contributed by atoms with Gasteiger partial charge >= 0.3 is 5.97 Å². The van der Waals surface area contributed by atoms with Crippen molar-refractivity contribution in [2.75, 3.05) is 0 Å². The van der Waals surface area contributed by atoms with Gasteiger partial charge in [0.05, 0.1) is 11.1 Å². The molecule has 0 heterocycles. The molecule has 4 fully saturated rings. The van der Waals surface area contributed by atoms with E-state index in [4.69, 9.17) is 4.74 Å². The maximum Gasteiger partial charge on any atom is 0.316 e. The van der Waals surface area contributed by atoms with E-state index in [9.17, 15) is 14.8 Å². The van der Waals surface area contributed by atoms with E-state index >= 15 is 0 Å². The van der Waals surface area contributed by atoms with Crippen LogP contribution in [-0.2, 0) is 20.9 Å². The number of hydrogen-bond donors (Lipinski definition) is 1. The Balaban J connectivity index is 1.36. The Bertz CT molecular complexity index is 1390. The van der Waals surface area contributed by atoms with Gasteiger partial charge in [0.1, 0.15) is 6.61 Å². The number of benzene rings is 1. The van der Waals surface area contributed by atoms with Crippen LogP contribution in [0.2, 0.25) is 0 Å². The fourth-order valence-electron chi connectivity index (χ4n) is 11.4. The van der Waals surface area contributed by atoms with Crippen molar-refractivity contribution in [2.45, 2.75) is 106 Å². The zero-order valence-electron chi connectivity index (χ0n) is 27.2. The van der Waals surface area contributed by atoms with Gasteiger partial charge in [0.15, 0.2) is 5.78 Å². The summed E-state index contributed by atoms with van der Waals surface area (Å²) in [6.07, 6.45) is 12.0. The predicted octanol–water partition coefficient (Wildman–Crippen LogP) is 8.71. The molecule has 5 aliphatic carbocycles. The van der Waals surface area contributed by atoms with Gasteiger partial charge in [0, 0.05) is 11.3 Å². The zero-order chi connectivity index (χ0) is 31.1. The number of allylic oxidation sites excluding steroid dienone is 2. The minimum Gasteiger partial charge on any atom is -0.460 e. The third kappa shape index (κ3) is 4.12. The van der Waals surface area contributed by atoms with E-state index in [1.807, 2.05) is 36.4 Å². The number of hydrogen-bond acceptors (Lipinski definition) is 5. The molecule has 0 bridgehead atoms. The first-order valence-electron chi connectivity index (χ1n) is 16.5. The van der Waals surface area contributed by atoms with Crippen LogP contribution in [0.1, 0.15) is 105 Å². The predicted molar refractivity (Wildman–Crippen MR) is 169 cm³/mol. The maximum atomic E-state index is 14.6. The summed E-state index contributed by atoms with van der Waals surface area (Å²) in [5.41, 5.74) is 1.72. The standard InChI is InChI=1S/C38H51NO4/c1-8-38(32(41)43-24-25-12-10-9-11-13-25)21-19-34(4)18-20-36(6)26(27(34)23-38)22-28(40)31-35(5)16-15-30(39-42)33(2,3)29(35)14-17-37(31,36)7/h8-13,22,27,29,31,42H,1,14-21,23-24H2,2-7H3/b39-30+/t27-,29-,31+,34-,35-,36+,37+,38-/m0/s1. The van der Waals surface area contributed by atoms with Crippen molar-refractivity contribution in [1.82, 2.24) is 0 Å². The molecule has 43 heavy (non-hydrogen) atoms. The molecule has 232 valence electrons. The van der Waals surface area contributed by atoms with Gasteiger partial charge in [-0.2, -0.15) is 0 Å². The van der Waals surface area contributed by atoms with Gasteiger partial charge in [-0.1, -0.05) is 88.7 Å². The van der Waals surface area contributed by atoms with E-state index < -0.39 is 5.41 Å². The van der Waals surface area contributed by atoms with Gasteiger partial charge in [-0.05, 0) is 103 Å². The molecule has 0 aromatic heterocycles. The summed E-state index contributed by atoms with van der Waals surface area (Å²) in [7, 11) is 0. The van der Waals surface area contributed by atoms with Crippen LogP contribution in [0.15, 0.2) is 59.8 Å². The number of fused-ring (bicyclic) bond motifs is 7. The molecule has 5 nitrogen and oxygen atoms in total. The summed E-state index contributed by atoms with van der Waals surface area (Å²) in [5, 5.41) is 13.6. The molecule has 1 aromatic carbocycles. The fraction of sp³-hybridized carbons (Fsp3) is 0.658. The largest absolute Gasteiger partial charge is 0.460 e. The molecular weight excluding hydrogens is 534 g/mol. The van der Waals surface area contributed by atoms with E-state index in [2.05, 4.69) is 59.4 Å². The first-order chi connectivity index (χ1) is 20.2. The number of nitrogens with zero attached hydrogens (tertiary/aromatic N) is 1. The molecule has 0 saturated heterocycles. The van der Waals surface area contributed by atoms with Crippen molar-refractivity contribution < 1.29 is 19.5 Å². The SMILES string of the molecule is C=C[C@]1(C(=O)OCc2ccccc2)CC[C@]2(C)CC[C@]3(C)C(=CC(=O)[C@@H]4[C@@]5(C)CC/C(=N\O)C(C)(C)[C@@H]5CC[C@]43C)[C@@H]2C1. The second-order valence-corrected chi connectivity index (χ2v) is 16.4. The highest BCUT2D eigenvalue weighted by Gasteiger charge is 2.70. The van der Waals surface area contributed by atoms with E-state index in [0.717, 1.165) is 62.6 Å². The highest BCUT2D eigenvalue weighted by molar-refractivity contribution is 5.97. The first kappa shape index (κ1) is 30.3. The molecule has 4 saturated carbocycles. The Hall–Kier alpha value is -2.69. The lowest BCUT2D eigenvalue weighted by molar-refractivity contribution is -0.176. The summed E-state index contributed by atoms with van der Waals surface area (Å²) < 4.78 is 5.95. The Labute approximate surface area is 258 Å². The maximum absolute atomic E-state index is 14.6. The van der Waals surface area contributed by atoms with Crippen LogP contribution in [0.5, 0.6) is 0 Å². The van der Waals surface area contributed by atoms with Crippen LogP contribution in [0.4, 0.5) is 0 Å². The Morgan fingerprint density at radius 2 is 1.72 bits per heavy atom. The summed E-state index contributed by atoms with van der Waals surface area (Å²) in [5.74, 6) is 0.432. The highest BCUT2D eigenvalue weighted by Crippen LogP contribution is 2.75. The molecule has 6 rings (SSSR count). The second kappa shape index (κ2) is 9.91. The third-order valence-corrected chi connectivity index (χ3v) is 14.3. The lowest BCUT2D eigenvalue weighted by Crippen LogP contribution is -2.66. The first-order valence-corrected chi connectivity index (χ1v) is 16.5. The summed E-state index contributed by atoms with van der Waals surface area (Å²) >= 11 is 0. The Kier molecular flexibility index (Phi) is 6.99. The number of carbonyl (C=O) groups is 2. The van der Waals surface area contributed by atoms with Crippen molar-refractivity contribution in [1.29, 1.82) is 0 Å². The minimum absolute atomic E-state index is 0.0431. The quantitative estimate of drug-likeness (QED) is 0.166. The zero-order valence-corrected chi connectivity index (χ0v) is 27.2. The molecule has 1 N–H and O–H groups in total. The number of ether oxygens (including phenoxy) is 1. The van der Waals surface area contributed by atoms with Crippen molar-refractivity contribution in [2.24, 2.45) is 55.4 Å². The molecule has 1 aromatic rings. The van der Waals surface area contributed by atoms with Crippen molar-refractivity contribution >= 4 is 17.5 Å². The van der Waals surface area contributed by atoms with Gasteiger partial charge in [-0.3, -0.25) is 9.59 Å². The molecule has 0 radical (unpaired) electrons. The third-order valence-electron chi connectivity index (χ3n) is 14.3. The van der Waals surface area contributed by atoms with Crippen LogP contribution in [0.3, 0.4) is 0 Å². The average Bonchev–Trinajstić information content (AvgIpc) is 2.97. The van der Waals surface area contributed by atoms with Gasteiger partial charge in [0.25, 0.3) is 0 Å². The average molecular weight is 586 g/mol. The summed E-state index contributed by atoms with van der Waals surface area (Å²) in [4.78, 5) is 28.4. The fourth-order valence-corrected chi connectivity index (χ4v) is 11.4. The van der Waals surface area contributed by atoms with Crippen LogP contribution >= 0.6 is 0 Å². The monoisotopic (exact) mass is 585 g/mol. The Morgan fingerprint density at radius 1 is 1.02 bits per heavy atom. The van der Waals surface area contributed by atoms with Crippen LogP contribution in [0, 0.1) is 50.2 Å². The minimum atomic E-state index is -0.754. The topological polar surface area (TPSA) is 76.0 Å². The van der Waals surface area contributed by atoms with Crippen molar-refractivity contribution in [3.05, 3.63) is 60.2 Å². The van der Waals surface area contributed by atoms with Gasteiger partial charge < -0.3 is 9.94 Å². The number of rotatable bonds is 4. The molecule has 5 aliphatic rings. The molecule has 0 spiro atoms. The lowest BCUT2D eigenvalue weighted by Gasteiger charge is -2.70. The molecule has 0 aliphatic heterocycles. The van der Waals surface area contributed by atoms with Crippen LogP contribution in [0.25, 0.3) is 0 Å². The van der Waals surface area contributed by atoms with Gasteiger partial charge in [0.2, 0.25) is 0 Å². The van der Waals surface area contributed by atoms with Gasteiger partial charge in [-0.25, -0.2) is 0 Å². The van der Waals surface area contributed by atoms with Crippen molar-refractivity contribution in [3.8, 4) is 0 Å².